The fourth-order valence-electron chi connectivity index (χ4n) is 4.64. The monoisotopic (exact) mass is 474 g/mol. The molecule has 2 saturated heterocycles. The minimum Gasteiger partial charge on any atom is -0.399 e. The Morgan fingerprint density at radius 3 is 2.60 bits per heavy atom. The van der Waals surface area contributed by atoms with Crippen LogP contribution in [0.4, 0.5) is 0 Å². The number of benzene rings is 2. The SMILES string of the molecule is CON=C1C[C@@H](c2noc(CCN3CCNCC3)n2)N(C(=O)c2ccc(-c3ccccc3)cc2)C1. The summed E-state index contributed by atoms with van der Waals surface area (Å²) >= 11 is 0. The van der Waals surface area contributed by atoms with Gasteiger partial charge in [-0.3, -0.25) is 4.79 Å². The summed E-state index contributed by atoms with van der Waals surface area (Å²) in [6.45, 7) is 5.28. The van der Waals surface area contributed by atoms with E-state index in [4.69, 9.17) is 9.36 Å². The molecule has 9 nitrogen and oxygen atoms in total. The number of amides is 1. The number of carbonyl (C=O) groups is 1. The van der Waals surface area contributed by atoms with Gasteiger partial charge in [0, 0.05) is 51.1 Å². The van der Waals surface area contributed by atoms with Crippen LogP contribution in [-0.4, -0.2) is 77.9 Å². The molecule has 0 saturated carbocycles. The third-order valence-corrected chi connectivity index (χ3v) is 6.51. The van der Waals surface area contributed by atoms with E-state index < -0.39 is 0 Å². The molecule has 0 spiro atoms. The number of hydrogen-bond acceptors (Lipinski definition) is 8. The van der Waals surface area contributed by atoms with Crippen molar-refractivity contribution in [2.45, 2.75) is 18.9 Å². The van der Waals surface area contributed by atoms with Crippen LogP contribution in [0.1, 0.15) is 34.5 Å². The molecule has 9 heteroatoms. The first-order valence-electron chi connectivity index (χ1n) is 12.0. The first kappa shape index (κ1) is 23.2. The summed E-state index contributed by atoms with van der Waals surface area (Å²) in [5.41, 5.74) is 3.56. The van der Waals surface area contributed by atoms with Gasteiger partial charge in [0.1, 0.15) is 13.2 Å². The van der Waals surface area contributed by atoms with Crippen molar-refractivity contribution < 1.29 is 14.2 Å². The zero-order chi connectivity index (χ0) is 24.0. The molecule has 0 bridgehead atoms. The van der Waals surface area contributed by atoms with Crippen LogP contribution >= 0.6 is 0 Å². The molecule has 0 radical (unpaired) electrons. The molecule has 1 N–H and O–H groups in total. The molecule has 1 atom stereocenters. The van der Waals surface area contributed by atoms with Crippen LogP contribution in [0.5, 0.6) is 0 Å². The Bertz CT molecular complexity index is 1160. The van der Waals surface area contributed by atoms with E-state index in [1.807, 2.05) is 42.5 Å². The highest BCUT2D eigenvalue weighted by Gasteiger charge is 2.38. The largest absolute Gasteiger partial charge is 0.399 e. The number of carbonyl (C=O) groups excluding carboxylic acids is 1. The lowest BCUT2D eigenvalue weighted by Crippen LogP contribution is -2.44. The van der Waals surface area contributed by atoms with Gasteiger partial charge >= 0.3 is 0 Å². The Morgan fingerprint density at radius 1 is 1.11 bits per heavy atom. The molecule has 0 unspecified atom stereocenters. The van der Waals surface area contributed by atoms with E-state index in [0.717, 1.165) is 49.6 Å². The fraction of sp³-hybridized carbons (Fsp3) is 0.385. The zero-order valence-electron chi connectivity index (χ0n) is 19.9. The van der Waals surface area contributed by atoms with E-state index >= 15 is 0 Å². The number of hydrogen-bond donors (Lipinski definition) is 1. The number of nitrogens with one attached hydrogen (secondary N) is 1. The average Bonchev–Trinajstić information content (AvgIpc) is 3.56. The Hall–Kier alpha value is -3.56. The summed E-state index contributed by atoms with van der Waals surface area (Å²) in [6, 6.07) is 17.4. The van der Waals surface area contributed by atoms with Crippen LogP contribution in [0, 0.1) is 0 Å². The minimum atomic E-state index is -0.345. The van der Waals surface area contributed by atoms with Crippen LogP contribution < -0.4 is 5.32 Å². The van der Waals surface area contributed by atoms with Gasteiger partial charge in [0.15, 0.2) is 5.82 Å². The van der Waals surface area contributed by atoms with Crippen molar-refractivity contribution >= 4 is 11.6 Å². The van der Waals surface area contributed by atoms with Crippen LogP contribution in [-0.2, 0) is 11.3 Å². The van der Waals surface area contributed by atoms with Gasteiger partial charge in [-0.05, 0) is 23.3 Å². The number of rotatable bonds is 7. The van der Waals surface area contributed by atoms with E-state index in [1.165, 1.54) is 7.11 Å². The topological polar surface area (TPSA) is 96.1 Å². The van der Waals surface area contributed by atoms with Crippen LogP contribution in [0.3, 0.4) is 0 Å². The lowest BCUT2D eigenvalue weighted by atomic mass is 10.0. The Balaban J connectivity index is 1.31. The second-order valence-corrected chi connectivity index (χ2v) is 8.82. The lowest BCUT2D eigenvalue weighted by molar-refractivity contribution is 0.0732. The Morgan fingerprint density at radius 2 is 1.86 bits per heavy atom. The molecule has 182 valence electrons. The van der Waals surface area contributed by atoms with Gasteiger partial charge in [-0.15, -0.1) is 0 Å². The third kappa shape index (κ3) is 5.41. The predicted octanol–water partition coefficient (Wildman–Crippen LogP) is 2.77. The van der Waals surface area contributed by atoms with E-state index in [1.54, 1.807) is 4.90 Å². The first-order valence-corrected chi connectivity index (χ1v) is 12.0. The van der Waals surface area contributed by atoms with E-state index in [9.17, 15) is 4.79 Å². The van der Waals surface area contributed by atoms with Crippen LogP contribution in [0.25, 0.3) is 11.1 Å². The lowest BCUT2D eigenvalue weighted by Gasteiger charge is -2.26. The second kappa shape index (κ2) is 10.8. The Labute approximate surface area is 204 Å². The highest BCUT2D eigenvalue weighted by Crippen LogP contribution is 2.31. The number of aromatic nitrogens is 2. The van der Waals surface area contributed by atoms with Crippen molar-refractivity contribution in [3.05, 3.63) is 71.9 Å². The van der Waals surface area contributed by atoms with Crippen LogP contribution in [0.2, 0.25) is 0 Å². The molecule has 0 aliphatic carbocycles. The van der Waals surface area contributed by atoms with Gasteiger partial charge < -0.3 is 24.5 Å². The van der Waals surface area contributed by atoms with E-state index in [0.29, 0.717) is 36.7 Å². The molecule has 1 amide bonds. The fourth-order valence-corrected chi connectivity index (χ4v) is 4.64. The molecule has 1 aromatic heterocycles. The molecule has 2 aliphatic rings. The molecule has 3 heterocycles. The predicted molar refractivity (Wildman–Crippen MR) is 132 cm³/mol. The summed E-state index contributed by atoms with van der Waals surface area (Å²) in [6.07, 6.45) is 1.20. The molecule has 35 heavy (non-hydrogen) atoms. The van der Waals surface area contributed by atoms with Gasteiger partial charge in [0.25, 0.3) is 5.91 Å². The number of piperazine rings is 1. The smallest absolute Gasteiger partial charge is 0.254 e. The summed E-state index contributed by atoms with van der Waals surface area (Å²) in [7, 11) is 1.51. The normalized spacial score (nSPS) is 19.9. The highest BCUT2D eigenvalue weighted by molar-refractivity contribution is 6.00. The van der Waals surface area contributed by atoms with Crippen LogP contribution in [0.15, 0.2) is 64.3 Å². The maximum absolute atomic E-state index is 13.5. The molecule has 2 aliphatic heterocycles. The maximum Gasteiger partial charge on any atom is 0.254 e. The average molecular weight is 475 g/mol. The quantitative estimate of drug-likeness (QED) is 0.526. The molecule has 3 aromatic rings. The van der Waals surface area contributed by atoms with E-state index in [2.05, 4.69) is 37.6 Å². The van der Waals surface area contributed by atoms with Gasteiger partial charge in [-0.25, -0.2) is 0 Å². The van der Waals surface area contributed by atoms with Crippen molar-refractivity contribution in [1.29, 1.82) is 0 Å². The van der Waals surface area contributed by atoms with Crippen molar-refractivity contribution in [2.75, 3.05) is 46.4 Å². The summed E-state index contributed by atoms with van der Waals surface area (Å²) in [5.74, 6) is 1.01. The van der Waals surface area contributed by atoms with Gasteiger partial charge in [-0.2, -0.15) is 4.98 Å². The van der Waals surface area contributed by atoms with Gasteiger partial charge in [0.2, 0.25) is 5.89 Å². The standard InChI is InChI=1S/C26H30N6O3/c1-34-29-22-17-23(25-28-24(35-30-25)11-14-31-15-12-27-13-16-31)32(18-22)26(33)21-9-7-20(8-10-21)19-5-3-2-4-6-19/h2-10,23,27H,11-18H2,1H3/t23-/m0/s1. The number of oxime groups is 1. The van der Waals surface area contributed by atoms with E-state index in [-0.39, 0.29) is 11.9 Å². The molecule has 2 aromatic carbocycles. The van der Waals surface area contributed by atoms with Crippen molar-refractivity contribution in [1.82, 2.24) is 25.3 Å². The van der Waals surface area contributed by atoms with Gasteiger partial charge in [-0.1, -0.05) is 52.8 Å². The number of nitrogens with zero attached hydrogens (tertiary/aromatic N) is 5. The molecular weight excluding hydrogens is 444 g/mol. The summed E-state index contributed by atoms with van der Waals surface area (Å²) in [4.78, 5) is 27.3. The number of likely N-dealkylation sites (tertiary alicyclic amines) is 1. The summed E-state index contributed by atoms with van der Waals surface area (Å²) < 4.78 is 5.55. The van der Waals surface area contributed by atoms with Gasteiger partial charge in [0.05, 0.1) is 12.3 Å². The molecular formula is C26H30N6O3. The second-order valence-electron chi connectivity index (χ2n) is 8.82. The summed E-state index contributed by atoms with van der Waals surface area (Å²) in [5, 5.41) is 11.7. The third-order valence-electron chi connectivity index (χ3n) is 6.51. The maximum atomic E-state index is 13.5. The molecule has 2 fully saturated rings. The zero-order valence-corrected chi connectivity index (χ0v) is 19.9. The molecule has 5 rings (SSSR count). The highest BCUT2D eigenvalue weighted by atomic mass is 16.6. The van der Waals surface area contributed by atoms with Crippen molar-refractivity contribution in [3.63, 3.8) is 0 Å². The van der Waals surface area contributed by atoms with Crippen molar-refractivity contribution in [2.24, 2.45) is 5.16 Å². The first-order chi connectivity index (χ1) is 17.2. The minimum absolute atomic E-state index is 0.0944. The van der Waals surface area contributed by atoms with Crippen molar-refractivity contribution in [3.8, 4) is 11.1 Å². The Kier molecular flexibility index (Phi) is 7.15.